The molecule has 0 saturated heterocycles. The average molecular weight is 373 g/mol. The van der Waals surface area contributed by atoms with Crippen LogP contribution in [0.5, 0.6) is 0 Å². The molecule has 0 amide bonds. The van der Waals surface area contributed by atoms with Crippen LogP contribution in [0.1, 0.15) is 23.0 Å². The second-order valence-electron chi connectivity index (χ2n) is 5.60. The van der Waals surface area contributed by atoms with Gasteiger partial charge >= 0.3 is 5.97 Å². The smallest absolute Gasteiger partial charge is 0.339 e. The molecule has 0 aliphatic heterocycles. The van der Waals surface area contributed by atoms with Gasteiger partial charge in [-0.25, -0.2) is 18.2 Å². The minimum Gasteiger partial charge on any atom is -0.465 e. The van der Waals surface area contributed by atoms with E-state index >= 15 is 0 Å². The molecule has 136 valence electrons. The Morgan fingerprint density at radius 2 is 1.92 bits per heavy atom. The van der Waals surface area contributed by atoms with Crippen LogP contribution < -0.4 is 0 Å². The van der Waals surface area contributed by atoms with Gasteiger partial charge in [0.1, 0.15) is 5.65 Å². The van der Waals surface area contributed by atoms with Crippen molar-refractivity contribution in [2.45, 2.75) is 18.4 Å². The molecule has 0 radical (unpaired) electrons. The minimum absolute atomic E-state index is 0.0200. The molecule has 0 aliphatic carbocycles. The summed E-state index contributed by atoms with van der Waals surface area (Å²) in [6, 6.07) is 11.6. The van der Waals surface area contributed by atoms with Gasteiger partial charge in [0.05, 0.1) is 36.0 Å². The zero-order valence-corrected chi connectivity index (χ0v) is 15.3. The van der Waals surface area contributed by atoms with Crippen LogP contribution in [0.2, 0.25) is 0 Å². The summed E-state index contributed by atoms with van der Waals surface area (Å²) >= 11 is 0. The van der Waals surface area contributed by atoms with Crippen molar-refractivity contribution in [3.63, 3.8) is 0 Å². The normalized spacial score (nSPS) is 11.8. The zero-order chi connectivity index (χ0) is 18.7. The van der Waals surface area contributed by atoms with E-state index in [0.717, 1.165) is 11.3 Å². The average Bonchev–Trinajstić information content (AvgIpc) is 3.08. The molecule has 0 unspecified atom stereocenters. The number of ether oxygens (including phenoxy) is 1. The number of carbonyl (C=O) groups is 1. The third-order valence-corrected chi connectivity index (χ3v) is 6.07. The van der Waals surface area contributed by atoms with Crippen LogP contribution in [0.4, 0.5) is 0 Å². The highest BCUT2D eigenvalue weighted by Crippen LogP contribution is 2.23. The van der Waals surface area contributed by atoms with Crippen molar-refractivity contribution in [1.82, 2.24) is 13.7 Å². The molecule has 8 heteroatoms. The standard InChI is InChI=1S/C18H19N3O4S/c1-3-20(13-14-12-19-17-10-6-7-11-21(14)17)26(23,24)16-9-5-4-8-15(16)18(22)25-2/h4-12H,3,13H2,1-2H3. The fourth-order valence-electron chi connectivity index (χ4n) is 2.76. The number of aromatic nitrogens is 2. The number of rotatable bonds is 6. The van der Waals surface area contributed by atoms with E-state index in [1.807, 2.05) is 28.8 Å². The lowest BCUT2D eigenvalue weighted by atomic mass is 10.2. The first-order valence-corrected chi connectivity index (χ1v) is 9.51. The molecule has 1 aromatic carbocycles. The number of esters is 1. The third kappa shape index (κ3) is 3.21. The van der Waals surface area contributed by atoms with E-state index < -0.39 is 16.0 Å². The number of carbonyl (C=O) groups excluding carboxylic acids is 1. The van der Waals surface area contributed by atoms with E-state index in [2.05, 4.69) is 4.98 Å². The topological polar surface area (TPSA) is 81.0 Å². The maximum absolute atomic E-state index is 13.2. The first kappa shape index (κ1) is 18.1. The molecular formula is C18H19N3O4S. The Hall–Kier alpha value is -2.71. The summed E-state index contributed by atoms with van der Waals surface area (Å²) < 4.78 is 34.2. The second kappa shape index (κ2) is 7.27. The Bertz CT molecular complexity index is 1040. The number of pyridine rings is 1. The van der Waals surface area contributed by atoms with E-state index in [9.17, 15) is 13.2 Å². The van der Waals surface area contributed by atoms with Gasteiger partial charge in [-0.05, 0) is 24.3 Å². The molecule has 3 rings (SSSR count). The lowest BCUT2D eigenvalue weighted by Gasteiger charge is -2.21. The number of methoxy groups -OCH3 is 1. The van der Waals surface area contributed by atoms with E-state index in [4.69, 9.17) is 4.74 Å². The zero-order valence-electron chi connectivity index (χ0n) is 14.5. The molecule has 2 aromatic heterocycles. The van der Waals surface area contributed by atoms with Crippen LogP contribution in [-0.2, 0) is 21.3 Å². The summed E-state index contributed by atoms with van der Waals surface area (Å²) in [6.07, 6.45) is 3.49. The number of hydrogen-bond donors (Lipinski definition) is 0. The van der Waals surface area contributed by atoms with Crippen molar-refractivity contribution in [3.8, 4) is 0 Å². The van der Waals surface area contributed by atoms with Gasteiger partial charge < -0.3 is 9.14 Å². The molecule has 0 bridgehead atoms. The molecule has 0 fully saturated rings. The van der Waals surface area contributed by atoms with Crippen LogP contribution >= 0.6 is 0 Å². The molecule has 3 aromatic rings. The molecule has 0 saturated carbocycles. The summed E-state index contributed by atoms with van der Waals surface area (Å²) in [6.45, 7) is 2.14. The first-order chi connectivity index (χ1) is 12.5. The number of nitrogens with zero attached hydrogens (tertiary/aromatic N) is 3. The molecule has 0 N–H and O–H groups in total. The maximum atomic E-state index is 13.2. The lowest BCUT2D eigenvalue weighted by molar-refractivity contribution is 0.0596. The Morgan fingerprint density at radius 1 is 1.19 bits per heavy atom. The quantitative estimate of drug-likeness (QED) is 0.620. The van der Waals surface area contributed by atoms with Crippen molar-refractivity contribution < 1.29 is 17.9 Å². The van der Waals surface area contributed by atoms with Crippen molar-refractivity contribution in [3.05, 3.63) is 66.1 Å². The van der Waals surface area contributed by atoms with Gasteiger partial charge in [-0.15, -0.1) is 0 Å². The third-order valence-electron chi connectivity index (χ3n) is 4.09. The van der Waals surface area contributed by atoms with Crippen LogP contribution in [0, 0.1) is 0 Å². The monoisotopic (exact) mass is 373 g/mol. The second-order valence-corrected chi connectivity index (χ2v) is 7.50. The highest BCUT2D eigenvalue weighted by atomic mass is 32.2. The number of fused-ring (bicyclic) bond motifs is 1. The van der Waals surface area contributed by atoms with Crippen LogP contribution in [0.25, 0.3) is 5.65 Å². The molecule has 2 heterocycles. The Morgan fingerprint density at radius 3 is 2.65 bits per heavy atom. The lowest BCUT2D eigenvalue weighted by Crippen LogP contribution is -2.32. The highest BCUT2D eigenvalue weighted by molar-refractivity contribution is 7.89. The molecular weight excluding hydrogens is 354 g/mol. The van der Waals surface area contributed by atoms with Gasteiger partial charge in [0.25, 0.3) is 0 Å². The fraction of sp³-hybridized carbons (Fsp3) is 0.222. The summed E-state index contributed by atoms with van der Waals surface area (Å²) in [5, 5.41) is 0. The van der Waals surface area contributed by atoms with Crippen LogP contribution in [-0.4, -0.2) is 41.7 Å². The summed E-state index contributed by atoms with van der Waals surface area (Å²) in [7, 11) is -2.67. The van der Waals surface area contributed by atoms with Crippen molar-refractivity contribution in [2.75, 3.05) is 13.7 Å². The fourth-order valence-corrected chi connectivity index (χ4v) is 4.36. The van der Waals surface area contributed by atoms with Crippen molar-refractivity contribution >= 4 is 21.6 Å². The summed E-state index contributed by atoms with van der Waals surface area (Å²) in [5.41, 5.74) is 1.50. The summed E-state index contributed by atoms with van der Waals surface area (Å²) in [5.74, 6) is -0.685. The van der Waals surface area contributed by atoms with Crippen molar-refractivity contribution in [2.24, 2.45) is 0 Å². The largest absolute Gasteiger partial charge is 0.465 e. The first-order valence-electron chi connectivity index (χ1n) is 8.07. The van der Waals surface area contributed by atoms with Crippen LogP contribution in [0.3, 0.4) is 0 Å². The van der Waals surface area contributed by atoms with E-state index in [1.54, 1.807) is 25.3 Å². The molecule has 0 spiro atoms. The van der Waals surface area contributed by atoms with Gasteiger partial charge in [-0.3, -0.25) is 0 Å². The number of imidazole rings is 1. The highest BCUT2D eigenvalue weighted by Gasteiger charge is 2.29. The Kier molecular flexibility index (Phi) is 5.06. The van der Waals surface area contributed by atoms with Gasteiger partial charge in [-0.2, -0.15) is 4.31 Å². The van der Waals surface area contributed by atoms with E-state index in [0.29, 0.717) is 0 Å². The van der Waals surface area contributed by atoms with Crippen molar-refractivity contribution in [1.29, 1.82) is 0 Å². The SMILES string of the molecule is CCN(Cc1cnc2ccccn12)S(=O)(=O)c1ccccc1C(=O)OC. The molecule has 0 aliphatic rings. The van der Waals surface area contributed by atoms with Gasteiger partial charge in [0.2, 0.25) is 10.0 Å². The van der Waals surface area contributed by atoms with Gasteiger partial charge in [0.15, 0.2) is 0 Å². The minimum atomic E-state index is -3.89. The summed E-state index contributed by atoms with van der Waals surface area (Å²) in [4.78, 5) is 16.2. The Labute approximate surface area is 151 Å². The predicted molar refractivity (Wildman–Crippen MR) is 96.2 cm³/mol. The van der Waals surface area contributed by atoms with E-state index in [1.165, 1.54) is 23.5 Å². The maximum Gasteiger partial charge on any atom is 0.339 e. The number of sulfonamides is 1. The van der Waals surface area contributed by atoms with E-state index in [-0.39, 0.29) is 23.5 Å². The number of hydrogen-bond acceptors (Lipinski definition) is 5. The van der Waals surface area contributed by atoms with Gasteiger partial charge in [0, 0.05) is 12.7 Å². The predicted octanol–water partition coefficient (Wildman–Crippen LogP) is 2.33. The molecule has 26 heavy (non-hydrogen) atoms. The van der Waals surface area contributed by atoms with Gasteiger partial charge in [-0.1, -0.05) is 25.1 Å². The molecule has 7 nitrogen and oxygen atoms in total. The Balaban J connectivity index is 2.01. The number of benzene rings is 1. The molecule has 0 atom stereocenters. The van der Waals surface area contributed by atoms with Crippen LogP contribution in [0.15, 0.2) is 59.8 Å².